The Balaban J connectivity index is 1.85. The smallest absolute Gasteiger partial charge is 0.254 e. The summed E-state index contributed by atoms with van der Waals surface area (Å²) in [6.45, 7) is 3.00. The highest BCUT2D eigenvalue weighted by molar-refractivity contribution is 9.10. The molecule has 6 heteroatoms. The number of aromatic nitrogens is 2. The SMILES string of the molecule is CCCN(Cc1nc2ccc(F)cc2[nH]1)C(=O)c1cccc(Br)c1. The number of hydrogen-bond donors (Lipinski definition) is 1. The van der Waals surface area contributed by atoms with Gasteiger partial charge in [-0.3, -0.25) is 4.79 Å². The van der Waals surface area contributed by atoms with Gasteiger partial charge in [0, 0.05) is 16.6 Å². The van der Waals surface area contributed by atoms with E-state index in [-0.39, 0.29) is 11.7 Å². The minimum absolute atomic E-state index is 0.0511. The number of carbonyl (C=O) groups is 1. The molecule has 0 fully saturated rings. The fourth-order valence-electron chi connectivity index (χ4n) is 2.62. The monoisotopic (exact) mass is 389 g/mol. The van der Waals surface area contributed by atoms with Crippen LogP contribution in [0, 0.1) is 5.82 Å². The molecule has 0 atom stereocenters. The van der Waals surface area contributed by atoms with Crippen LogP contribution < -0.4 is 0 Å². The summed E-state index contributed by atoms with van der Waals surface area (Å²) in [4.78, 5) is 22.0. The van der Waals surface area contributed by atoms with E-state index in [9.17, 15) is 9.18 Å². The number of halogens is 2. The maximum atomic E-state index is 13.3. The lowest BCUT2D eigenvalue weighted by Gasteiger charge is -2.21. The van der Waals surface area contributed by atoms with Gasteiger partial charge in [0.1, 0.15) is 11.6 Å². The number of benzene rings is 2. The van der Waals surface area contributed by atoms with E-state index < -0.39 is 0 Å². The Hall–Kier alpha value is -2.21. The quantitative estimate of drug-likeness (QED) is 0.697. The highest BCUT2D eigenvalue weighted by Crippen LogP contribution is 2.17. The molecule has 24 heavy (non-hydrogen) atoms. The van der Waals surface area contributed by atoms with Crippen molar-refractivity contribution < 1.29 is 9.18 Å². The summed E-state index contributed by atoms with van der Waals surface area (Å²) in [6, 6.07) is 11.7. The molecular formula is C18H17BrFN3O. The van der Waals surface area contributed by atoms with Crippen LogP contribution >= 0.6 is 15.9 Å². The fraction of sp³-hybridized carbons (Fsp3) is 0.222. The molecule has 124 valence electrons. The van der Waals surface area contributed by atoms with Crippen LogP contribution in [0.3, 0.4) is 0 Å². The zero-order chi connectivity index (χ0) is 17.1. The summed E-state index contributed by atoms with van der Waals surface area (Å²) in [7, 11) is 0. The molecule has 0 unspecified atom stereocenters. The van der Waals surface area contributed by atoms with Gasteiger partial charge in [0.25, 0.3) is 5.91 Å². The minimum atomic E-state index is -0.312. The third-order valence-electron chi connectivity index (χ3n) is 3.69. The molecule has 3 aromatic rings. The summed E-state index contributed by atoms with van der Waals surface area (Å²) >= 11 is 3.39. The maximum absolute atomic E-state index is 13.3. The van der Waals surface area contributed by atoms with Crippen molar-refractivity contribution in [1.29, 1.82) is 0 Å². The van der Waals surface area contributed by atoms with Gasteiger partial charge in [-0.15, -0.1) is 0 Å². The molecule has 0 radical (unpaired) electrons. The third-order valence-corrected chi connectivity index (χ3v) is 4.18. The lowest BCUT2D eigenvalue weighted by Crippen LogP contribution is -2.31. The molecule has 0 aliphatic heterocycles. The predicted molar refractivity (Wildman–Crippen MR) is 95.2 cm³/mol. The molecule has 0 bridgehead atoms. The Morgan fingerprint density at radius 1 is 1.29 bits per heavy atom. The first-order valence-electron chi connectivity index (χ1n) is 7.76. The number of nitrogens with zero attached hydrogens (tertiary/aromatic N) is 2. The summed E-state index contributed by atoms with van der Waals surface area (Å²) in [5.41, 5.74) is 1.95. The Morgan fingerprint density at radius 2 is 2.12 bits per heavy atom. The maximum Gasteiger partial charge on any atom is 0.254 e. The molecule has 0 saturated heterocycles. The third kappa shape index (κ3) is 3.64. The Morgan fingerprint density at radius 3 is 2.88 bits per heavy atom. The minimum Gasteiger partial charge on any atom is -0.340 e. The Bertz CT molecular complexity index is 878. The highest BCUT2D eigenvalue weighted by Gasteiger charge is 2.17. The van der Waals surface area contributed by atoms with E-state index in [1.165, 1.54) is 12.1 Å². The summed E-state index contributed by atoms with van der Waals surface area (Å²) in [5.74, 6) is 0.283. The summed E-state index contributed by atoms with van der Waals surface area (Å²) < 4.78 is 14.2. The normalized spacial score (nSPS) is 11.0. The van der Waals surface area contributed by atoms with Crippen LogP contribution in [0.5, 0.6) is 0 Å². The van der Waals surface area contributed by atoms with Crippen LogP contribution in [0.4, 0.5) is 4.39 Å². The Kier molecular flexibility index (Phi) is 4.94. The molecule has 1 heterocycles. The molecule has 2 aromatic carbocycles. The topological polar surface area (TPSA) is 49.0 Å². The van der Waals surface area contributed by atoms with Crippen LogP contribution in [-0.4, -0.2) is 27.3 Å². The molecule has 3 rings (SSSR count). The molecule has 1 N–H and O–H groups in total. The average Bonchev–Trinajstić information content (AvgIpc) is 2.95. The summed E-state index contributed by atoms with van der Waals surface area (Å²) in [5, 5.41) is 0. The lowest BCUT2D eigenvalue weighted by atomic mass is 10.2. The number of nitrogens with one attached hydrogen (secondary N) is 1. The van der Waals surface area contributed by atoms with E-state index in [2.05, 4.69) is 25.9 Å². The van der Waals surface area contributed by atoms with Crippen molar-refractivity contribution in [2.45, 2.75) is 19.9 Å². The van der Waals surface area contributed by atoms with Gasteiger partial charge in [-0.25, -0.2) is 9.37 Å². The number of rotatable bonds is 5. The number of fused-ring (bicyclic) bond motifs is 1. The van der Waals surface area contributed by atoms with Crippen molar-refractivity contribution in [2.24, 2.45) is 0 Å². The molecule has 0 aliphatic rings. The molecule has 1 amide bonds. The second-order valence-corrected chi connectivity index (χ2v) is 6.50. The van der Waals surface area contributed by atoms with Crippen molar-refractivity contribution in [2.75, 3.05) is 6.54 Å². The van der Waals surface area contributed by atoms with Crippen LogP contribution in [0.15, 0.2) is 46.9 Å². The molecule has 0 spiro atoms. The van der Waals surface area contributed by atoms with E-state index in [1.54, 1.807) is 23.1 Å². The van der Waals surface area contributed by atoms with Crippen molar-refractivity contribution in [3.05, 3.63) is 64.1 Å². The number of imidazole rings is 1. The van der Waals surface area contributed by atoms with Gasteiger partial charge < -0.3 is 9.88 Å². The number of H-pyrrole nitrogens is 1. The van der Waals surface area contributed by atoms with Gasteiger partial charge in [-0.05, 0) is 42.8 Å². The first-order valence-corrected chi connectivity index (χ1v) is 8.55. The van der Waals surface area contributed by atoms with Gasteiger partial charge in [-0.1, -0.05) is 28.9 Å². The van der Waals surface area contributed by atoms with Gasteiger partial charge >= 0.3 is 0 Å². The molecular weight excluding hydrogens is 373 g/mol. The highest BCUT2D eigenvalue weighted by atomic mass is 79.9. The van der Waals surface area contributed by atoms with E-state index in [0.29, 0.717) is 35.5 Å². The van der Waals surface area contributed by atoms with E-state index in [0.717, 1.165) is 10.9 Å². The number of hydrogen-bond acceptors (Lipinski definition) is 2. The molecule has 4 nitrogen and oxygen atoms in total. The van der Waals surface area contributed by atoms with Crippen molar-refractivity contribution in [3.8, 4) is 0 Å². The first-order chi connectivity index (χ1) is 11.6. The molecule has 0 saturated carbocycles. The van der Waals surface area contributed by atoms with E-state index >= 15 is 0 Å². The van der Waals surface area contributed by atoms with Gasteiger partial charge in [0.15, 0.2) is 0 Å². The predicted octanol–water partition coefficient (Wildman–Crippen LogP) is 4.52. The van der Waals surface area contributed by atoms with Gasteiger partial charge in [0.2, 0.25) is 0 Å². The van der Waals surface area contributed by atoms with Crippen LogP contribution in [-0.2, 0) is 6.54 Å². The number of aromatic amines is 1. The van der Waals surface area contributed by atoms with Crippen molar-refractivity contribution in [1.82, 2.24) is 14.9 Å². The first kappa shape index (κ1) is 16.6. The fourth-order valence-corrected chi connectivity index (χ4v) is 3.02. The zero-order valence-electron chi connectivity index (χ0n) is 13.2. The van der Waals surface area contributed by atoms with Crippen LogP contribution in [0.2, 0.25) is 0 Å². The largest absolute Gasteiger partial charge is 0.340 e. The van der Waals surface area contributed by atoms with Gasteiger partial charge in [-0.2, -0.15) is 0 Å². The van der Waals surface area contributed by atoms with E-state index in [1.807, 2.05) is 19.1 Å². The van der Waals surface area contributed by atoms with E-state index in [4.69, 9.17) is 0 Å². The zero-order valence-corrected chi connectivity index (χ0v) is 14.8. The van der Waals surface area contributed by atoms with Crippen LogP contribution in [0.1, 0.15) is 29.5 Å². The standard InChI is InChI=1S/C18H17BrFN3O/c1-2-8-23(18(24)12-4-3-5-13(19)9-12)11-17-21-15-7-6-14(20)10-16(15)22-17/h3-7,9-10H,2,8,11H2,1H3,(H,21,22). The van der Waals surface area contributed by atoms with Gasteiger partial charge in [0.05, 0.1) is 17.6 Å². The lowest BCUT2D eigenvalue weighted by molar-refractivity contribution is 0.0739. The van der Waals surface area contributed by atoms with Crippen molar-refractivity contribution >= 4 is 32.9 Å². The van der Waals surface area contributed by atoms with Crippen LogP contribution in [0.25, 0.3) is 11.0 Å². The Labute approximate surface area is 147 Å². The second kappa shape index (κ2) is 7.13. The van der Waals surface area contributed by atoms with Crippen molar-refractivity contribution in [3.63, 3.8) is 0 Å². The summed E-state index contributed by atoms with van der Waals surface area (Å²) in [6.07, 6.45) is 0.842. The molecule has 1 aromatic heterocycles. The molecule has 0 aliphatic carbocycles. The second-order valence-electron chi connectivity index (χ2n) is 5.58. The number of amides is 1. The average molecular weight is 390 g/mol. The number of carbonyl (C=O) groups excluding carboxylic acids is 1.